The van der Waals surface area contributed by atoms with Crippen LogP contribution >= 0.6 is 0 Å². The fraction of sp³-hybridized carbons (Fsp3) is 0.789. The Morgan fingerprint density at radius 2 is 1.78 bits per heavy atom. The molecule has 0 N–H and O–H groups in total. The summed E-state index contributed by atoms with van der Waals surface area (Å²) in [4.78, 5) is 22.8. The minimum absolute atomic E-state index is 0.0118. The number of carbonyl (C=O) groups is 2. The van der Waals surface area contributed by atoms with Crippen molar-refractivity contribution in [1.29, 1.82) is 0 Å². The summed E-state index contributed by atoms with van der Waals surface area (Å²) < 4.78 is 10.9. The first-order valence-corrected chi connectivity index (χ1v) is 8.58. The van der Waals surface area contributed by atoms with Crippen molar-refractivity contribution in [3.8, 4) is 0 Å². The molecule has 1 saturated carbocycles. The van der Waals surface area contributed by atoms with E-state index in [2.05, 4.69) is 20.8 Å². The summed E-state index contributed by atoms with van der Waals surface area (Å²) in [6.45, 7) is 12.1. The smallest absolute Gasteiger partial charge is 0.303 e. The van der Waals surface area contributed by atoms with Gasteiger partial charge in [-0.25, -0.2) is 0 Å². The molecule has 0 saturated heterocycles. The fourth-order valence-corrected chi connectivity index (χ4v) is 4.89. The van der Waals surface area contributed by atoms with Crippen LogP contribution in [0.1, 0.15) is 67.2 Å². The molecule has 3 atom stereocenters. The van der Waals surface area contributed by atoms with Gasteiger partial charge < -0.3 is 9.47 Å². The lowest BCUT2D eigenvalue weighted by atomic mass is 9.50. The molecular weight excluding hydrogens is 292 g/mol. The molecule has 0 unspecified atom stereocenters. The van der Waals surface area contributed by atoms with Crippen molar-refractivity contribution >= 4 is 11.9 Å². The molecular formula is C19H30O4. The number of rotatable bonds is 3. The second-order valence-electron chi connectivity index (χ2n) is 8.09. The second-order valence-corrected chi connectivity index (χ2v) is 8.09. The van der Waals surface area contributed by atoms with E-state index in [4.69, 9.17) is 9.47 Å². The lowest BCUT2D eigenvalue weighted by molar-refractivity contribution is -0.149. The third kappa shape index (κ3) is 3.46. The molecule has 0 aliphatic heterocycles. The van der Waals surface area contributed by atoms with Crippen LogP contribution in [-0.2, 0) is 19.1 Å². The van der Waals surface area contributed by atoms with Crippen LogP contribution in [0.5, 0.6) is 0 Å². The first-order valence-electron chi connectivity index (χ1n) is 8.58. The standard InChI is InChI=1S/C19H30O4/c1-12-15(11-22-13(2)20)19(6)9-7-8-18(4,5)17(19)10-16(12)23-14(3)21/h16-17H,7-11H2,1-6H3/t16-,17-,19+/m0/s1. The second kappa shape index (κ2) is 6.29. The van der Waals surface area contributed by atoms with Crippen molar-refractivity contribution in [3.63, 3.8) is 0 Å². The van der Waals surface area contributed by atoms with Gasteiger partial charge in [-0.2, -0.15) is 0 Å². The first-order chi connectivity index (χ1) is 10.6. The largest absolute Gasteiger partial charge is 0.461 e. The number of ether oxygens (including phenoxy) is 2. The van der Waals surface area contributed by atoms with Gasteiger partial charge in [0.15, 0.2) is 0 Å². The number of fused-ring (bicyclic) bond motifs is 1. The lowest BCUT2D eigenvalue weighted by Gasteiger charge is -2.56. The number of carbonyl (C=O) groups excluding carboxylic acids is 2. The lowest BCUT2D eigenvalue weighted by Crippen LogP contribution is -2.50. The van der Waals surface area contributed by atoms with Crippen molar-refractivity contribution in [2.45, 2.75) is 73.3 Å². The van der Waals surface area contributed by atoms with E-state index in [9.17, 15) is 9.59 Å². The highest BCUT2D eigenvalue weighted by atomic mass is 16.5. The molecule has 0 amide bonds. The quantitative estimate of drug-likeness (QED) is 0.581. The molecule has 2 aliphatic carbocycles. The van der Waals surface area contributed by atoms with Gasteiger partial charge in [-0.05, 0) is 54.1 Å². The van der Waals surface area contributed by atoms with Gasteiger partial charge in [-0.1, -0.05) is 27.2 Å². The van der Waals surface area contributed by atoms with E-state index in [0.717, 1.165) is 24.0 Å². The maximum atomic E-state index is 11.5. The maximum Gasteiger partial charge on any atom is 0.303 e. The zero-order chi connectivity index (χ0) is 17.4. The first kappa shape index (κ1) is 18.0. The number of hydrogen-bond donors (Lipinski definition) is 0. The molecule has 2 aliphatic rings. The molecule has 0 radical (unpaired) electrons. The highest BCUT2D eigenvalue weighted by Gasteiger charge is 2.53. The van der Waals surface area contributed by atoms with Crippen LogP contribution in [0.2, 0.25) is 0 Å². The molecule has 2 rings (SSSR count). The molecule has 0 aromatic carbocycles. The molecule has 23 heavy (non-hydrogen) atoms. The maximum absolute atomic E-state index is 11.5. The third-order valence-corrected chi connectivity index (χ3v) is 6.06. The Morgan fingerprint density at radius 3 is 2.35 bits per heavy atom. The molecule has 0 spiro atoms. The van der Waals surface area contributed by atoms with Gasteiger partial charge >= 0.3 is 11.9 Å². The predicted molar refractivity (Wildman–Crippen MR) is 88.7 cm³/mol. The zero-order valence-corrected chi connectivity index (χ0v) is 15.3. The van der Waals surface area contributed by atoms with Gasteiger partial charge in [-0.3, -0.25) is 9.59 Å². The summed E-state index contributed by atoms with van der Waals surface area (Å²) in [5.41, 5.74) is 2.42. The Labute approximate surface area is 139 Å². The van der Waals surface area contributed by atoms with E-state index in [-0.39, 0.29) is 28.9 Å². The molecule has 0 aromatic rings. The Bertz CT molecular complexity index is 531. The van der Waals surface area contributed by atoms with Gasteiger partial charge in [0.05, 0.1) is 0 Å². The summed E-state index contributed by atoms with van der Waals surface area (Å²) >= 11 is 0. The predicted octanol–water partition coefficient (Wildman–Crippen LogP) is 4.03. The Kier molecular flexibility index (Phi) is 4.93. The van der Waals surface area contributed by atoms with E-state index in [1.165, 1.54) is 26.7 Å². The molecule has 1 fully saturated rings. The number of hydrogen-bond acceptors (Lipinski definition) is 4. The molecule has 4 heteroatoms. The molecule has 4 nitrogen and oxygen atoms in total. The van der Waals surface area contributed by atoms with Gasteiger partial charge in [0.2, 0.25) is 0 Å². The van der Waals surface area contributed by atoms with Crippen LogP contribution in [-0.4, -0.2) is 24.6 Å². The number of esters is 2. The average molecular weight is 322 g/mol. The summed E-state index contributed by atoms with van der Waals surface area (Å²) in [7, 11) is 0. The highest BCUT2D eigenvalue weighted by Crippen LogP contribution is 2.59. The summed E-state index contributed by atoms with van der Waals surface area (Å²) in [6, 6.07) is 0. The van der Waals surface area contributed by atoms with Gasteiger partial charge in [-0.15, -0.1) is 0 Å². The van der Waals surface area contributed by atoms with Crippen molar-refractivity contribution in [2.75, 3.05) is 6.61 Å². The Balaban J connectivity index is 2.44. The Morgan fingerprint density at radius 1 is 1.13 bits per heavy atom. The van der Waals surface area contributed by atoms with Crippen molar-refractivity contribution in [3.05, 3.63) is 11.1 Å². The van der Waals surface area contributed by atoms with Crippen LogP contribution in [0, 0.1) is 16.7 Å². The summed E-state index contributed by atoms with van der Waals surface area (Å²) in [5, 5.41) is 0. The van der Waals surface area contributed by atoms with E-state index < -0.39 is 0 Å². The van der Waals surface area contributed by atoms with Crippen molar-refractivity contribution in [1.82, 2.24) is 0 Å². The van der Waals surface area contributed by atoms with E-state index >= 15 is 0 Å². The fourth-order valence-electron chi connectivity index (χ4n) is 4.89. The topological polar surface area (TPSA) is 52.6 Å². The van der Waals surface area contributed by atoms with E-state index in [0.29, 0.717) is 12.5 Å². The van der Waals surface area contributed by atoms with Crippen LogP contribution in [0.25, 0.3) is 0 Å². The minimum Gasteiger partial charge on any atom is -0.461 e. The zero-order valence-electron chi connectivity index (χ0n) is 15.3. The monoisotopic (exact) mass is 322 g/mol. The summed E-state index contributed by atoms with van der Waals surface area (Å²) in [5.74, 6) is -0.101. The van der Waals surface area contributed by atoms with Gasteiger partial charge in [0, 0.05) is 13.8 Å². The highest BCUT2D eigenvalue weighted by molar-refractivity contribution is 5.67. The van der Waals surface area contributed by atoms with Gasteiger partial charge in [0.25, 0.3) is 0 Å². The van der Waals surface area contributed by atoms with E-state index in [1.54, 1.807) is 0 Å². The third-order valence-electron chi connectivity index (χ3n) is 6.06. The molecule has 0 heterocycles. The van der Waals surface area contributed by atoms with Crippen LogP contribution in [0.3, 0.4) is 0 Å². The normalized spacial score (nSPS) is 33.0. The molecule has 0 bridgehead atoms. The van der Waals surface area contributed by atoms with Crippen LogP contribution in [0.15, 0.2) is 11.1 Å². The minimum atomic E-state index is -0.268. The average Bonchev–Trinajstić information content (AvgIpc) is 2.39. The SMILES string of the molecule is CC(=O)OCC1=C(C)[C@@H](OC(C)=O)C[C@H]2C(C)(C)CCC[C@]12C. The van der Waals surface area contributed by atoms with Crippen LogP contribution < -0.4 is 0 Å². The molecule has 130 valence electrons. The van der Waals surface area contributed by atoms with Gasteiger partial charge in [0.1, 0.15) is 12.7 Å². The summed E-state index contributed by atoms with van der Waals surface area (Å²) in [6.07, 6.45) is 4.11. The van der Waals surface area contributed by atoms with E-state index in [1.807, 2.05) is 6.92 Å². The molecule has 0 aromatic heterocycles. The van der Waals surface area contributed by atoms with Crippen molar-refractivity contribution in [2.24, 2.45) is 16.7 Å². The van der Waals surface area contributed by atoms with Crippen LogP contribution in [0.4, 0.5) is 0 Å². The van der Waals surface area contributed by atoms with Crippen molar-refractivity contribution < 1.29 is 19.1 Å². The Hall–Kier alpha value is -1.32.